The van der Waals surface area contributed by atoms with Crippen molar-refractivity contribution in [3.8, 4) is 6.07 Å². The molecule has 96 valence electrons. The Hall–Kier alpha value is -2.08. The molecule has 0 fully saturated rings. The smallest absolute Gasteiger partial charge is 0.0991 e. The number of aryl methyl sites for hydroxylation is 2. The Morgan fingerprint density at radius 1 is 1.47 bits per heavy atom. The average Bonchev–Trinajstić information content (AvgIpc) is 2.84. The van der Waals surface area contributed by atoms with Gasteiger partial charge in [-0.1, -0.05) is 6.07 Å². The van der Waals surface area contributed by atoms with Gasteiger partial charge in [0.2, 0.25) is 0 Å². The zero-order chi connectivity index (χ0) is 13.2. The van der Waals surface area contributed by atoms with Crippen molar-refractivity contribution in [3.05, 3.63) is 53.1 Å². The van der Waals surface area contributed by atoms with E-state index in [-0.39, 0.29) is 0 Å². The minimum absolute atomic E-state index is 0.546. The molecule has 1 aromatic carbocycles. The van der Waals surface area contributed by atoms with Crippen molar-refractivity contribution in [1.82, 2.24) is 9.55 Å². The molecular weight excluding hydrogens is 234 g/mol. The molecule has 3 nitrogen and oxygen atoms in total. The minimum atomic E-state index is 0.546. The fourth-order valence-corrected chi connectivity index (χ4v) is 3.00. The third-order valence-electron chi connectivity index (χ3n) is 3.90. The summed E-state index contributed by atoms with van der Waals surface area (Å²) in [6, 6.07) is 8.37. The summed E-state index contributed by atoms with van der Waals surface area (Å²) in [7, 11) is 0. The van der Waals surface area contributed by atoms with Gasteiger partial charge in [0.05, 0.1) is 23.7 Å². The summed E-state index contributed by atoms with van der Waals surface area (Å²) in [5.74, 6) is 0.546. The Morgan fingerprint density at radius 3 is 3.11 bits per heavy atom. The molecule has 1 atom stereocenters. The van der Waals surface area contributed by atoms with Gasteiger partial charge in [0.15, 0.2) is 0 Å². The van der Waals surface area contributed by atoms with Crippen LogP contribution in [0.3, 0.4) is 0 Å². The molecule has 0 N–H and O–H groups in total. The van der Waals surface area contributed by atoms with E-state index in [0.29, 0.717) is 5.92 Å². The Bertz CT molecular complexity index is 634. The number of benzene rings is 1. The van der Waals surface area contributed by atoms with Crippen LogP contribution in [0, 0.1) is 18.3 Å². The number of hydrogen-bond acceptors (Lipinski definition) is 2. The van der Waals surface area contributed by atoms with Crippen molar-refractivity contribution < 1.29 is 0 Å². The monoisotopic (exact) mass is 251 g/mol. The van der Waals surface area contributed by atoms with Crippen LogP contribution in [-0.2, 0) is 13.0 Å². The summed E-state index contributed by atoms with van der Waals surface area (Å²) in [6.07, 6.45) is 7.53. The van der Waals surface area contributed by atoms with E-state index in [0.717, 1.165) is 24.2 Å². The van der Waals surface area contributed by atoms with Crippen LogP contribution in [0.15, 0.2) is 30.7 Å². The van der Waals surface area contributed by atoms with Crippen molar-refractivity contribution >= 4 is 0 Å². The SMILES string of the molecule is Cc1cn(CC2CCCc3cc(C#N)ccc32)cn1. The normalized spacial score (nSPS) is 17.8. The number of nitrogens with zero attached hydrogens (tertiary/aromatic N) is 3. The number of rotatable bonds is 2. The maximum Gasteiger partial charge on any atom is 0.0991 e. The van der Waals surface area contributed by atoms with Crippen molar-refractivity contribution in [2.24, 2.45) is 0 Å². The van der Waals surface area contributed by atoms with Crippen LogP contribution in [0.25, 0.3) is 0 Å². The number of nitriles is 1. The Morgan fingerprint density at radius 2 is 2.37 bits per heavy atom. The van der Waals surface area contributed by atoms with Gasteiger partial charge in [-0.2, -0.15) is 5.26 Å². The summed E-state index contributed by atoms with van der Waals surface area (Å²) in [5.41, 5.74) is 4.61. The number of aromatic nitrogens is 2. The van der Waals surface area contributed by atoms with Crippen LogP contribution in [0.2, 0.25) is 0 Å². The topological polar surface area (TPSA) is 41.6 Å². The van der Waals surface area contributed by atoms with Gasteiger partial charge >= 0.3 is 0 Å². The van der Waals surface area contributed by atoms with Crippen molar-refractivity contribution in [3.63, 3.8) is 0 Å². The third-order valence-corrected chi connectivity index (χ3v) is 3.90. The summed E-state index contributed by atoms with van der Waals surface area (Å²) in [4.78, 5) is 4.29. The van der Waals surface area contributed by atoms with E-state index in [1.807, 2.05) is 19.3 Å². The maximum atomic E-state index is 8.98. The minimum Gasteiger partial charge on any atom is -0.337 e. The first-order valence-corrected chi connectivity index (χ1v) is 6.77. The van der Waals surface area contributed by atoms with Gasteiger partial charge in [-0.3, -0.25) is 0 Å². The lowest BCUT2D eigenvalue weighted by atomic mass is 9.82. The highest BCUT2D eigenvalue weighted by molar-refractivity contribution is 5.41. The fraction of sp³-hybridized carbons (Fsp3) is 0.375. The van der Waals surface area contributed by atoms with Crippen LogP contribution in [-0.4, -0.2) is 9.55 Å². The van der Waals surface area contributed by atoms with Gasteiger partial charge in [-0.05, 0) is 49.4 Å². The van der Waals surface area contributed by atoms with Gasteiger partial charge in [0.25, 0.3) is 0 Å². The van der Waals surface area contributed by atoms with Gasteiger partial charge < -0.3 is 4.57 Å². The average molecular weight is 251 g/mol. The molecule has 1 aromatic heterocycles. The first-order valence-electron chi connectivity index (χ1n) is 6.77. The summed E-state index contributed by atoms with van der Waals surface area (Å²) < 4.78 is 2.17. The van der Waals surface area contributed by atoms with Crippen molar-refractivity contribution in [1.29, 1.82) is 5.26 Å². The molecule has 1 aliphatic rings. The molecule has 0 saturated carbocycles. The number of hydrogen-bond donors (Lipinski definition) is 0. The first kappa shape index (κ1) is 12.0. The van der Waals surface area contributed by atoms with Gasteiger partial charge in [0.1, 0.15) is 0 Å². The van der Waals surface area contributed by atoms with Crippen LogP contribution in [0.5, 0.6) is 0 Å². The first-order chi connectivity index (χ1) is 9.26. The second-order valence-electron chi connectivity index (χ2n) is 5.33. The largest absolute Gasteiger partial charge is 0.337 e. The summed E-state index contributed by atoms with van der Waals surface area (Å²) in [5, 5.41) is 8.98. The number of fused-ring (bicyclic) bond motifs is 1. The second kappa shape index (κ2) is 4.89. The molecule has 1 heterocycles. The van der Waals surface area contributed by atoms with Crippen molar-refractivity contribution in [2.45, 2.75) is 38.6 Å². The van der Waals surface area contributed by atoms with Crippen LogP contribution >= 0.6 is 0 Å². The van der Waals surface area contributed by atoms with Crippen molar-refractivity contribution in [2.75, 3.05) is 0 Å². The quantitative estimate of drug-likeness (QED) is 0.822. The molecule has 19 heavy (non-hydrogen) atoms. The zero-order valence-electron chi connectivity index (χ0n) is 11.1. The second-order valence-corrected chi connectivity index (χ2v) is 5.33. The van der Waals surface area contributed by atoms with E-state index in [1.54, 1.807) is 0 Å². The van der Waals surface area contributed by atoms with E-state index in [4.69, 9.17) is 5.26 Å². The maximum absolute atomic E-state index is 8.98. The number of imidazole rings is 1. The molecule has 0 amide bonds. The molecule has 3 heteroatoms. The lowest BCUT2D eigenvalue weighted by Crippen LogP contribution is -2.15. The van der Waals surface area contributed by atoms with E-state index >= 15 is 0 Å². The summed E-state index contributed by atoms with van der Waals surface area (Å²) in [6.45, 7) is 3.00. The molecular formula is C16H17N3. The molecule has 1 aliphatic carbocycles. The van der Waals surface area contributed by atoms with Gasteiger partial charge in [-0.15, -0.1) is 0 Å². The molecule has 0 saturated heterocycles. The van der Waals surface area contributed by atoms with Gasteiger partial charge in [0, 0.05) is 18.7 Å². The molecule has 0 radical (unpaired) electrons. The molecule has 2 aromatic rings. The lowest BCUT2D eigenvalue weighted by Gasteiger charge is -2.26. The van der Waals surface area contributed by atoms with Crippen LogP contribution < -0.4 is 0 Å². The van der Waals surface area contributed by atoms with Gasteiger partial charge in [-0.25, -0.2) is 4.98 Å². The molecule has 3 rings (SSSR count). The Balaban J connectivity index is 1.88. The zero-order valence-corrected chi connectivity index (χ0v) is 11.1. The molecule has 1 unspecified atom stereocenters. The lowest BCUT2D eigenvalue weighted by molar-refractivity contribution is 0.483. The molecule has 0 spiro atoms. The predicted octanol–water partition coefficient (Wildman–Crippen LogP) is 3.18. The highest BCUT2D eigenvalue weighted by Gasteiger charge is 2.20. The van der Waals surface area contributed by atoms with Crippen LogP contribution in [0.1, 0.15) is 41.1 Å². The Kier molecular flexibility index (Phi) is 3.08. The summed E-state index contributed by atoms with van der Waals surface area (Å²) >= 11 is 0. The van der Waals surface area contributed by atoms with Crippen LogP contribution in [0.4, 0.5) is 0 Å². The highest BCUT2D eigenvalue weighted by atomic mass is 15.0. The van der Waals surface area contributed by atoms with E-state index in [1.165, 1.54) is 24.0 Å². The standard InChI is InChI=1S/C16H17N3/c1-12-9-19(11-18-12)10-15-4-2-3-14-7-13(8-17)5-6-16(14)15/h5-7,9,11,15H,2-4,10H2,1H3. The van der Waals surface area contributed by atoms with E-state index < -0.39 is 0 Å². The fourth-order valence-electron chi connectivity index (χ4n) is 3.00. The molecule has 0 bridgehead atoms. The van der Waals surface area contributed by atoms with E-state index in [2.05, 4.69) is 33.9 Å². The third kappa shape index (κ3) is 2.39. The predicted molar refractivity (Wildman–Crippen MR) is 73.8 cm³/mol. The van der Waals surface area contributed by atoms with E-state index in [9.17, 15) is 0 Å². The highest BCUT2D eigenvalue weighted by Crippen LogP contribution is 2.33. The Labute approximate surface area is 113 Å². The molecule has 0 aliphatic heterocycles.